The van der Waals surface area contributed by atoms with E-state index in [0.29, 0.717) is 22.9 Å². The van der Waals surface area contributed by atoms with Crippen molar-refractivity contribution in [2.75, 3.05) is 14.2 Å². The standard InChI is InChI=1S/C13H18Cl2O3/c1-13(16,8-12(17-2)18-3)7-9-4-5-10(14)6-11(9)15/h4-6,12,16H,7-8H2,1-3H3. The van der Waals surface area contributed by atoms with Gasteiger partial charge in [-0.1, -0.05) is 29.3 Å². The third-order valence-electron chi connectivity index (χ3n) is 2.72. The van der Waals surface area contributed by atoms with Crippen molar-refractivity contribution in [1.82, 2.24) is 0 Å². The summed E-state index contributed by atoms with van der Waals surface area (Å²) in [5, 5.41) is 11.5. The summed E-state index contributed by atoms with van der Waals surface area (Å²) in [4.78, 5) is 0. The van der Waals surface area contributed by atoms with Crippen molar-refractivity contribution < 1.29 is 14.6 Å². The average Bonchev–Trinajstić information content (AvgIpc) is 2.30. The highest BCUT2D eigenvalue weighted by Gasteiger charge is 2.26. The highest BCUT2D eigenvalue weighted by Crippen LogP contribution is 2.27. The van der Waals surface area contributed by atoms with Crippen LogP contribution >= 0.6 is 23.2 Å². The van der Waals surface area contributed by atoms with Gasteiger partial charge in [0, 0.05) is 37.1 Å². The molecule has 0 saturated heterocycles. The zero-order valence-electron chi connectivity index (χ0n) is 10.7. The Morgan fingerprint density at radius 3 is 2.39 bits per heavy atom. The van der Waals surface area contributed by atoms with E-state index in [1.165, 1.54) is 0 Å². The molecular weight excluding hydrogens is 275 g/mol. The third kappa shape index (κ3) is 4.75. The Labute approximate surface area is 118 Å². The minimum atomic E-state index is -0.964. The van der Waals surface area contributed by atoms with Crippen LogP contribution in [0.5, 0.6) is 0 Å². The average molecular weight is 293 g/mol. The minimum Gasteiger partial charge on any atom is -0.390 e. The number of halogens is 2. The van der Waals surface area contributed by atoms with Crippen LogP contribution < -0.4 is 0 Å². The molecule has 1 rings (SSSR count). The van der Waals surface area contributed by atoms with Crippen molar-refractivity contribution in [3.05, 3.63) is 33.8 Å². The first kappa shape index (κ1) is 15.7. The first-order valence-electron chi connectivity index (χ1n) is 5.60. The number of rotatable bonds is 6. The normalized spacial score (nSPS) is 14.8. The number of ether oxygens (including phenoxy) is 2. The van der Waals surface area contributed by atoms with Gasteiger partial charge < -0.3 is 14.6 Å². The Kier molecular flexibility index (Phi) is 5.89. The first-order chi connectivity index (χ1) is 8.38. The molecule has 0 amide bonds. The smallest absolute Gasteiger partial charge is 0.159 e. The minimum absolute atomic E-state index is 0.360. The zero-order chi connectivity index (χ0) is 13.8. The summed E-state index contributed by atoms with van der Waals surface area (Å²) >= 11 is 11.9. The number of hydrogen-bond acceptors (Lipinski definition) is 3. The molecule has 0 aliphatic heterocycles. The van der Waals surface area contributed by atoms with E-state index in [4.69, 9.17) is 32.7 Å². The van der Waals surface area contributed by atoms with Crippen LogP contribution in [-0.2, 0) is 15.9 Å². The van der Waals surface area contributed by atoms with E-state index in [1.54, 1.807) is 33.3 Å². The Hall–Kier alpha value is -0.320. The molecule has 0 spiro atoms. The molecule has 3 nitrogen and oxygen atoms in total. The van der Waals surface area contributed by atoms with Crippen molar-refractivity contribution in [3.8, 4) is 0 Å². The van der Waals surface area contributed by atoms with E-state index in [-0.39, 0.29) is 0 Å². The van der Waals surface area contributed by atoms with Crippen molar-refractivity contribution in [3.63, 3.8) is 0 Å². The molecule has 0 aliphatic rings. The van der Waals surface area contributed by atoms with Gasteiger partial charge in [-0.25, -0.2) is 0 Å². The van der Waals surface area contributed by atoms with Crippen molar-refractivity contribution in [2.45, 2.75) is 31.7 Å². The number of methoxy groups -OCH3 is 2. The lowest BCUT2D eigenvalue weighted by molar-refractivity contribution is -0.139. The van der Waals surface area contributed by atoms with Crippen LogP contribution in [0.15, 0.2) is 18.2 Å². The molecule has 0 radical (unpaired) electrons. The van der Waals surface area contributed by atoms with Crippen molar-refractivity contribution in [1.29, 1.82) is 0 Å². The van der Waals surface area contributed by atoms with Crippen LogP contribution in [0.25, 0.3) is 0 Å². The molecule has 0 aromatic heterocycles. The lowest BCUT2D eigenvalue weighted by Crippen LogP contribution is -2.34. The monoisotopic (exact) mass is 292 g/mol. The lowest BCUT2D eigenvalue weighted by atomic mass is 9.93. The van der Waals surface area contributed by atoms with E-state index < -0.39 is 11.9 Å². The fourth-order valence-electron chi connectivity index (χ4n) is 1.77. The number of aliphatic hydroxyl groups is 1. The highest BCUT2D eigenvalue weighted by molar-refractivity contribution is 6.35. The number of hydrogen-bond donors (Lipinski definition) is 1. The van der Waals surface area contributed by atoms with Crippen LogP contribution in [0.2, 0.25) is 10.0 Å². The predicted octanol–water partition coefficient (Wildman–Crippen LogP) is 3.30. The van der Waals surface area contributed by atoms with Gasteiger partial charge >= 0.3 is 0 Å². The van der Waals surface area contributed by atoms with Crippen molar-refractivity contribution >= 4 is 23.2 Å². The Balaban J connectivity index is 2.75. The van der Waals surface area contributed by atoms with Crippen LogP contribution in [0, 0.1) is 0 Å². The summed E-state index contributed by atoms with van der Waals surface area (Å²) in [6, 6.07) is 5.23. The molecule has 5 heteroatoms. The summed E-state index contributed by atoms with van der Waals surface area (Å²) in [6.45, 7) is 1.73. The summed E-state index contributed by atoms with van der Waals surface area (Å²) in [5.41, 5.74) is -0.120. The second-order valence-corrected chi connectivity index (χ2v) is 5.36. The fourth-order valence-corrected chi connectivity index (χ4v) is 2.24. The molecular formula is C13H18Cl2O3. The van der Waals surface area contributed by atoms with Crippen molar-refractivity contribution in [2.24, 2.45) is 0 Å². The largest absolute Gasteiger partial charge is 0.390 e. The van der Waals surface area contributed by atoms with Crippen LogP contribution in [0.3, 0.4) is 0 Å². The second-order valence-electron chi connectivity index (χ2n) is 4.51. The Bertz CT molecular complexity index is 390. The predicted molar refractivity (Wildman–Crippen MR) is 73.2 cm³/mol. The molecule has 0 aliphatic carbocycles. The quantitative estimate of drug-likeness (QED) is 0.818. The maximum absolute atomic E-state index is 10.3. The van der Waals surface area contributed by atoms with Crippen LogP contribution in [0.4, 0.5) is 0 Å². The summed E-state index contributed by atoms with van der Waals surface area (Å²) in [6.07, 6.45) is 0.330. The SMILES string of the molecule is COC(CC(C)(O)Cc1ccc(Cl)cc1Cl)OC. The van der Waals surface area contributed by atoms with Gasteiger partial charge in [-0.3, -0.25) is 0 Å². The first-order valence-corrected chi connectivity index (χ1v) is 6.35. The molecule has 1 aromatic carbocycles. The van der Waals surface area contributed by atoms with E-state index in [9.17, 15) is 5.11 Å². The maximum atomic E-state index is 10.3. The van der Waals surface area contributed by atoms with E-state index in [2.05, 4.69) is 0 Å². The molecule has 1 atom stereocenters. The zero-order valence-corrected chi connectivity index (χ0v) is 12.3. The van der Waals surface area contributed by atoms with E-state index in [0.717, 1.165) is 5.56 Å². The summed E-state index contributed by atoms with van der Waals surface area (Å²) in [7, 11) is 3.08. The maximum Gasteiger partial charge on any atom is 0.159 e. The summed E-state index contributed by atoms with van der Waals surface area (Å²) < 4.78 is 10.2. The van der Waals surface area contributed by atoms with Crippen LogP contribution in [-0.4, -0.2) is 31.2 Å². The molecule has 0 fully saturated rings. The van der Waals surface area contributed by atoms with Gasteiger partial charge in [0.15, 0.2) is 6.29 Å². The number of benzene rings is 1. The van der Waals surface area contributed by atoms with Gasteiger partial charge in [0.1, 0.15) is 0 Å². The lowest BCUT2D eigenvalue weighted by Gasteiger charge is -2.27. The van der Waals surface area contributed by atoms with Gasteiger partial charge in [0.05, 0.1) is 5.60 Å². The topological polar surface area (TPSA) is 38.7 Å². The molecule has 18 heavy (non-hydrogen) atoms. The van der Waals surface area contributed by atoms with E-state index in [1.807, 2.05) is 6.07 Å². The summed E-state index contributed by atoms with van der Waals surface area (Å²) in [5.74, 6) is 0. The molecule has 1 N–H and O–H groups in total. The van der Waals surface area contributed by atoms with Gasteiger partial charge in [-0.15, -0.1) is 0 Å². The molecule has 1 unspecified atom stereocenters. The van der Waals surface area contributed by atoms with Gasteiger partial charge in [-0.05, 0) is 24.6 Å². The Morgan fingerprint density at radius 1 is 1.28 bits per heavy atom. The molecule has 0 heterocycles. The van der Waals surface area contributed by atoms with Gasteiger partial charge in [0.25, 0.3) is 0 Å². The van der Waals surface area contributed by atoms with Gasteiger partial charge in [0.2, 0.25) is 0 Å². The van der Waals surface area contributed by atoms with Crippen LogP contribution in [0.1, 0.15) is 18.9 Å². The van der Waals surface area contributed by atoms with E-state index >= 15 is 0 Å². The molecule has 0 saturated carbocycles. The molecule has 1 aromatic rings. The highest BCUT2D eigenvalue weighted by atomic mass is 35.5. The molecule has 0 bridgehead atoms. The second kappa shape index (κ2) is 6.73. The fraction of sp³-hybridized carbons (Fsp3) is 0.538. The van der Waals surface area contributed by atoms with Gasteiger partial charge in [-0.2, -0.15) is 0 Å². The Morgan fingerprint density at radius 2 is 1.89 bits per heavy atom. The molecule has 102 valence electrons. The third-order valence-corrected chi connectivity index (χ3v) is 3.31.